The maximum atomic E-state index is 13.4. The smallest absolute Gasteiger partial charge is 0.166 e. The van der Waals surface area contributed by atoms with Crippen LogP contribution in [-0.4, -0.2) is 12.1 Å². The van der Waals surface area contributed by atoms with Crippen LogP contribution in [0.2, 0.25) is 0 Å². The van der Waals surface area contributed by atoms with E-state index in [1.165, 1.54) is 18.9 Å². The molecule has 17 heavy (non-hydrogen) atoms. The number of rotatable bonds is 2. The van der Waals surface area contributed by atoms with Crippen LogP contribution in [0.4, 0.5) is 8.78 Å². The standard InChI is InChI=1S/C14H17F2N/c1-10-4-2-6-12(17-10)9-8-11-5-3-7-13(15)14(11)16/h3,5,7-10,12,17H,2,4,6H2,1H3/b9-8+. The first kappa shape index (κ1) is 12.2. The van der Waals surface area contributed by atoms with Crippen LogP contribution in [0.5, 0.6) is 0 Å². The van der Waals surface area contributed by atoms with Crippen molar-refractivity contribution in [2.24, 2.45) is 0 Å². The predicted molar refractivity (Wildman–Crippen MR) is 65.6 cm³/mol. The van der Waals surface area contributed by atoms with Gasteiger partial charge in [-0.3, -0.25) is 0 Å². The Kier molecular flexibility index (Phi) is 3.89. The van der Waals surface area contributed by atoms with Crippen LogP contribution in [-0.2, 0) is 0 Å². The van der Waals surface area contributed by atoms with E-state index >= 15 is 0 Å². The molecular formula is C14H17F2N. The van der Waals surface area contributed by atoms with Gasteiger partial charge in [0.2, 0.25) is 0 Å². The van der Waals surface area contributed by atoms with Gasteiger partial charge in [0.05, 0.1) is 0 Å². The number of benzene rings is 1. The highest BCUT2D eigenvalue weighted by molar-refractivity contribution is 5.50. The van der Waals surface area contributed by atoms with E-state index < -0.39 is 11.6 Å². The quantitative estimate of drug-likeness (QED) is 0.830. The summed E-state index contributed by atoms with van der Waals surface area (Å²) in [4.78, 5) is 0. The highest BCUT2D eigenvalue weighted by Crippen LogP contribution is 2.16. The molecule has 0 aliphatic carbocycles. The molecule has 1 aliphatic rings. The van der Waals surface area contributed by atoms with Crippen molar-refractivity contribution in [2.45, 2.75) is 38.3 Å². The van der Waals surface area contributed by atoms with Gasteiger partial charge in [0, 0.05) is 17.6 Å². The van der Waals surface area contributed by atoms with Crippen molar-refractivity contribution >= 4 is 6.08 Å². The monoisotopic (exact) mass is 237 g/mol. The minimum absolute atomic E-state index is 0.265. The Morgan fingerprint density at radius 1 is 1.29 bits per heavy atom. The first-order valence-corrected chi connectivity index (χ1v) is 6.05. The zero-order chi connectivity index (χ0) is 12.3. The van der Waals surface area contributed by atoms with Gasteiger partial charge in [-0.25, -0.2) is 8.78 Å². The molecule has 2 rings (SSSR count). The fourth-order valence-corrected chi connectivity index (χ4v) is 2.20. The van der Waals surface area contributed by atoms with Crippen LogP contribution in [0.1, 0.15) is 31.7 Å². The van der Waals surface area contributed by atoms with Crippen molar-refractivity contribution in [3.8, 4) is 0 Å². The molecule has 3 heteroatoms. The number of hydrogen-bond donors (Lipinski definition) is 1. The van der Waals surface area contributed by atoms with E-state index in [0.717, 1.165) is 12.5 Å². The zero-order valence-corrected chi connectivity index (χ0v) is 9.92. The van der Waals surface area contributed by atoms with Gasteiger partial charge < -0.3 is 5.32 Å². The summed E-state index contributed by atoms with van der Waals surface area (Å²) in [5.41, 5.74) is 0.310. The summed E-state index contributed by atoms with van der Waals surface area (Å²) >= 11 is 0. The summed E-state index contributed by atoms with van der Waals surface area (Å²) in [7, 11) is 0. The summed E-state index contributed by atoms with van der Waals surface area (Å²) in [5, 5.41) is 3.42. The SMILES string of the molecule is CC1CCCC(/C=C/c2cccc(F)c2F)N1. The normalized spacial score (nSPS) is 25.4. The Labute approximate surface area is 101 Å². The van der Waals surface area contributed by atoms with Crippen molar-refractivity contribution in [3.63, 3.8) is 0 Å². The molecule has 0 saturated carbocycles. The van der Waals surface area contributed by atoms with E-state index in [9.17, 15) is 8.78 Å². The third kappa shape index (κ3) is 3.13. The van der Waals surface area contributed by atoms with Gasteiger partial charge >= 0.3 is 0 Å². The van der Waals surface area contributed by atoms with Gasteiger partial charge in [-0.15, -0.1) is 0 Å². The molecule has 2 atom stereocenters. The van der Waals surface area contributed by atoms with Crippen LogP contribution < -0.4 is 5.32 Å². The van der Waals surface area contributed by atoms with Gasteiger partial charge in [0.1, 0.15) is 0 Å². The molecule has 92 valence electrons. The van der Waals surface area contributed by atoms with Gasteiger partial charge in [-0.05, 0) is 25.8 Å². The van der Waals surface area contributed by atoms with E-state index in [1.807, 2.05) is 6.08 Å². The molecule has 1 fully saturated rings. The number of hydrogen-bond acceptors (Lipinski definition) is 1. The van der Waals surface area contributed by atoms with Crippen molar-refractivity contribution in [1.82, 2.24) is 5.32 Å². The lowest BCUT2D eigenvalue weighted by Gasteiger charge is -2.26. The Balaban J connectivity index is 2.07. The molecule has 1 N–H and O–H groups in total. The third-order valence-corrected chi connectivity index (χ3v) is 3.14. The topological polar surface area (TPSA) is 12.0 Å². The zero-order valence-electron chi connectivity index (χ0n) is 9.92. The first-order valence-electron chi connectivity index (χ1n) is 6.05. The van der Waals surface area contributed by atoms with Crippen LogP contribution in [0.15, 0.2) is 24.3 Å². The van der Waals surface area contributed by atoms with E-state index in [-0.39, 0.29) is 6.04 Å². The average molecular weight is 237 g/mol. The third-order valence-electron chi connectivity index (χ3n) is 3.14. The summed E-state index contributed by atoms with van der Waals surface area (Å²) in [5.74, 6) is -1.57. The largest absolute Gasteiger partial charge is 0.308 e. The Morgan fingerprint density at radius 2 is 2.12 bits per heavy atom. The van der Waals surface area contributed by atoms with E-state index in [0.29, 0.717) is 11.6 Å². The Hall–Kier alpha value is -1.22. The lowest BCUT2D eigenvalue weighted by atomic mass is 9.99. The molecule has 1 heterocycles. The minimum Gasteiger partial charge on any atom is -0.308 e. The Morgan fingerprint density at radius 3 is 2.88 bits per heavy atom. The number of halogens is 2. The van der Waals surface area contributed by atoms with Crippen molar-refractivity contribution in [2.75, 3.05) is 0 Å². The van der Waals surface area contributed by atoms with Crippen molar-refractivity contribution in [1.29, 1.82) is 0 Å². The van der Waals surface area contributed by atoms with Gasteiger partial charge in [-0.2, -0.15) is 0 Å². The molecule has 0 radical (unpaired) electrons. The van der Waals surface area contributed by atoms with E-state index in [4.69, 9.17) is 0 Å². The van der Waals surface area contributed by atoms with Gasteiger partial charge in [0.25, 0.3) is 0 Å². The number of piperidine rings is 1. The van der Waals surface area contributed by atoms with Crippen LogP contribution in [0.3, 0.4) is 0 Å². The highest BCUT2D eigenvalue weighted by atomic mass is 19.2. The molecule has 0 spiro atoms. The molecule has 0 bridgehead atoms. The molecule has 2 unspecified atom stereocenters. The van der Waals surface area contributed by atoms with Crippen molar-refractivity contribution < 1.29 is 8.78 Å². The molecule has 0 aromatic heterocycles. The first-order chi connectivity index (χ1) is 8.16. The summed E-state index contributed by atoms with van der Waals surface area (Å²) < 4.78 is 26.4. The maximum Gasteiger partial charge on any atom is 0.166 e. The van der Waals surface area contributed by atoms with E-state index in [1.54, 1.807) is 12.1 Å². The molecule has 1 aliphatic heterocycles. The van der Waals surface area contributed by atoms with Crippen molar-refractivity contribution in [3.05, 3.63) is 41.5 Å². The minimum atomic E-state index is -0.794. The second-order valence-electron chi connectivity index (χ2n) is 4.61. The second-order valence-corrected chi connectivity index (χ2v) is 4.61. The summed E-state index contributed by atoms with van der Waals surface area (Å²) in [6, 6.07) is 5.00. The Bertz CT molecular complexity index is 415. The molecule has 0 amide bonds. The molecular weight excluding hydrogens is 220 g/mol. The highest BCUT2D eigenvalue weighted by Gasteiger charge is 2.15. The lowest BCUT2D eigenvalue weighted by molar-refractivity contribution is 0.375. The molecule has 1 nitrogen and oxygen atoms in total. The molecule has 1 aromatic carbocycles. The van der Waals surface area contributed by atoms with Crippen LogP contribution >= 0.6 is 0 Å². The van der Waals surface area contributed by atoms with E-state index in [2.05, 4.69) is 12.2 Å². The van der Waals surface area contributed by atoms with Crippen LogP contribution in [0, 0.1) is 11.6 Å². The second kappa shape index (κ2) is 5.41. The summed E-state index contributed by atoms with van der Waals surface area (Å²) in [6.07, 6.45) is 6.99. The molecule has 1 aromatic rings. The molecule has 1 saturated heterocycles. The summed E-state index contributed by atoms with van der Waals surface area (Å²) in [6.45, 7) is 2.14. The maximum absolute atomic E-state index is 13.4. The fourth-order valence-electron chi connectivity index (χ4n) is 2.20. The van der Waals surface area contributed by atoms with Gasteiger partial charge in [-0.1, -0.05) is 30.7 Å². The van der Waals surface area contributed by atoms with Crippen LogP contribution in [0.25, 0.3) is 6.08 Å². The van der Waals surface area contributed by atoms with Gasteiger partial charge in [0.15, 0.2) is 11.6 Å². The predicted octanol–water partition coefficient (Wildman–Crippen LogP) is 3.51. The number of nitrogens with one attached hydrogen (secondary N) is 1. The lowest BCUT2D eigenvalue weighted by Crippen LogP contribution is -2.39. The fraction of sp³-hybridized carbons (Fsp3) is 0.429. The average Bonchev–Trinajstić information content (AvgIpc) is 2.31.